The Morgan fingerprint density at radius 1 is 1.67 bits per heavy atom. The number of likely N-dealkylation sites (N-methyl/N-ethyl adjacent to an activating group) is 1. The monoisotopic (exact) mass is 129 g/mol. The molecule has 0 fully saturated rings. The van der Waals surface area contributed by atoms with Gasteiger partial charge in [0.1, 0.15) is 0 Å². The van der Waals surface area contributed by atoms with E-state index in [4.69, 9.17) is 5.11 Å². The second kappa shape index (κ2) is 4.39. The van der Waals surface area contributed by atoms with Crippen LogP contribution >= 0.6 is 0 Å². The van der Waals surface area contributed by atoms with Gasteiger partial charge in [-0.2, -0.15) is 0 Å². The highest BCUT2D eigenvalue weighted by Gasteiger charge is 1.95. The number of nitrogens with zero attached hydrogens (tertiary/aromatic N) is 1. The maximum absolute atomic E-state index is 8.50. The average Bonchev–Trinajstić information content (AvgIpc) is 1.87. The van der Waals surface area contributed by atoms with Gasteiger partial charge in [0, 0.05) is 19.3 Å². The van der Waals surface area contributed by atoms with Crippen molar-refractivity contribution in [3.63, 3.8) is 0 Å². The summed E-state index contributed by atoms with van der Waals surface area (Å²) in [5.74, 6) is 0. The summed E-state index contributed by atoms with van der Waals surface area (Å²) in [5, 5.41) is 8.50. The van der Waals surface area contributed by atoms with Gasteiger partial charge in [0.15, 0.2) is 0 Å². The fourth-order valence-electron chi connectivity index (χ4n) is 0.578. The lowest BCUT2D eigenvalue weighted by Crippen LogP contribution is -2.20. The minimum absolute atomic E-state index is 0.204. The van der Waals surface area contributed by atoms with Gasteiger partial charge >= 0.3 is 0 Å². The number of aliphatic hydroxyl groups excluding tert-OH is 1. The van der Waals surface area contributed by atoms with E-state index in [2.05, 4.69) is 13.5 Å². The van der Waals surface area contributed by atoms with Crippen molar-refractivity contribution in [1.29, 1.82) is 0 Å². The molecule has 2 nitrogen and oxygen atoms in total. The molecule has 0 aromatic rings. The summed E-state index contributed by atoms with van der Waals surface area (Å²) >= 11 is 0. The summed E-state index contributed by atoms with van der Waals surface area (Å²) in [6.07, 6.45) is 0.955. The molecule has 0 bridgehead atoms. The molecule has 0 aliphatic rings. The SMILES string of the molecule is C=C(CC)N(C)CCO. The number of allylic oxidation sites excluding steroid dienone is 1. The standard InChI is InChI=1S/C7H15NO/c1-4-7(2)8(3)5-6-9/h9H,2,4-6H2,1,3H3. The van der Waals surface area contributed by atoms with Crippen LogP contribution in [-0.4, -0.2) is 30.2 Å². The third kappa shape index (κ3) is 3.14. The maximum Gasteiger partial charge on any atom is 0.0606 e. The van der Waals surface area contributed by atoms with Gasteiger partial charge in [0.25, 0.3) is 0 Å². The molecular weight excluding hydrogens is 114 g/mol. The molecule has 1 N–H and O–H groups in total. The lowest BCUT2D eigenvalue weighted by Gasteiger charge is -2.18. The molecule has 0 amide bonds. The molecule has 54 valence electrons. The van der Waals surface area contributed by atoms with E-state index in [0.29, 0.717) is 6.54 Å². The topological polar surface area (TPSA) is 23.5 Å². The van der Waals surface area contributed by atoms with Crippen LogP contribution in [0.25, 0.3) is 0 Å². The Kier molecular flexibility index (Phi) is 4.14. The van der Waals surface area contributed by atoms with Crippen molar-refractivity contribution in [3.8, 4) is 0 Å². The van der Waals surface area contributed by atoms with Crippen LogP contribution in [-0.2, 0) is 0 Å². The molecule has 2 heteroatoms. The molecule has 0 spiro atoms. The molecule has 9 heavy (non-hydrogen) atoms. The average molecular weight is 129 g/mol. The Hall–Kier alpha value is -0.500. The Morgan fingerprint density at radius 2 is 2.22 bits per heavy atom. The van der Waals surface area contributed by atoms with Crippen molar-refractivity contribution in [1.82, 2.24) is 4.90 Å². The van der Waals surface area contributed by atoms with Gasteiger partial charge in [-0.05, 0) is 6.42 Å². The lowest BCUT2D eigenvalue weighted by molar-refractivity contribution is 0.244. The van der Waals surface area contributed by atoms with Crippen LogP contribution in [0.15, 0.2) is 12.3 Å². The predicted octanol–water partition coefficient (Wildman–Crippen LogP) is 0.834. The first-order valence-corrected chi connectivity index (χ1v) is 3.22. The molecule has 0 saturated carbocycles. The number of hydrogen-bond acceptors (Lipinski definition) is 2. The molecule has 0 aliphatic heterocycles. The zero-order valence-electron chi connectivity index (χ0n) is 6.22. The van der Waals surface area contributed by atoms with Gasteiger partial charge < -0.3 is 10.0 Å². The van der Waals surface area contributed by atoms with Crippen LogP contribution in [0.1, 0.15) is 13.3 Å². The molecule has 0 aromatic heterocycles. The largest absolute Gasteiger partial charge is 0.395 e. The van der Waals surface area contributed by atoms with Crippen molar-refractivity contribution in [2.75, 3.05) is 20.2 Å². The van der Waals surface area contributed by atoms with E-state index in [1.165, 1.54) is 0 Å². The van der Waals surface area contributed by atoms with Crippen LogP contribution in [0, 0.1) is 0 Å². The first-order chi connectivity index (χ1) is 4.22. The maximum atomic E-state index is 8.50. The van der Waals surface area contributed by atoms with Crippen molar-refractivity contribution in [2.45, 2.75) is 13.3 Å². The van der Waals surface area contributed by atoms with Crippen LogP contribution in [0.2, 0.25) is 0 Å². The van der Waals surface area contributed by atoms with Crippen LogP contribution in [0.5, 0.6) is 0 Å². The van der Waals surface area contributed by atoms with Gasteiger partial charge in [-0.15, -0.1) is 0 Å². The van der Waals surface area contributed by atoms with E-state index < -0.39 is 0 Å². The zero-order valence-corrected chi connectivity index (χ0v) is 6.22. The molecule has 0 rings (SSSR count). The van der Waals surface area contributed by atoms with Gasteiger partial charge in [-0.1, -0.05) is 13.5 Å². The third-order valence-electron chi connectivity index (χ3n) is 1.38. The highest BCUT2D eigenvalue weighted by Crippen LogP contribution is 2.00. The van der Waals surface area contributed by atoms with Gasteiger partial charge in [0.05, 0.1) is 6.61 Å². The second-order valence-electron chi connectivity index (χ2n) is 2.06. The van der Waals surface area contributed by atoms with Crippen molar-refractivity contribution >= 4 is 0 Å². The van der Waals surface area contributed by atoms with E-state index in [1.807, 2.05) is 11.9 Å². The smallest absolute Gasteiger partial charge is 0.0606 e. The third-order valence-corrected chi connectivity index (χ3v) is 1.38. The number of rotatable bonds is 4. The molecule has 0 unspecified atom stereocenters. The molecule has 0 saturated heterocycles. The summed E-state index contributed by atoms with van der Waals surface area (Å²) in [7, 11) is 1.93. The summed E-state index contributed by atoms with van der Waals surface area (Å²) in [6.45, 7) is 6.75. The van der Waals surface area contributed by atoms with Crippen molar-refractivity contribution in [3.05, 3.63) is 12.3 Å². The Balaban J connectivity index is 3.45. The quantitative estimate of drug-likeness (QED) is 0.608. The minimum Gasteiger partial charge on any atom is -0.395 e. The van der Waals surface area contributed by atoms with Crippen LogP contribution < -0.4 is 0 Å². The van der Waals surface area contributed by atoms with E-state index in [0.717, 1.165) is 12.1 Å². The first-order valence-electron chi connectivity index (χ1n) is 3.22. The number of hydrogen-bond donors (Lipinski definition) is 1. The first kappa shape index (κ1) is 8.50. The van der Waals surface area contributed by atoms with Gasteiger partial charge in [-0.25, -0.2) is 0 Å². The van der Waals surface area contributed by atoms with Gasteiger partial charge in [0.2, 0.25) is 0 Å². The van der Waals surface area contributed by atoms with E-state index >= 15 is 0 Å². The summed E-state index contributed by atoms with van der Waals surface area (Å²) in [5.41, 5.74) is 1.07. The van der Waals surface area contributed by atoms with E-state index in [9.17, 15) is 0 Å². The normalized spacial score (nSPS) is 9.22. The van der Waals surface area contributed by atoms with E-state index in [1.54, 1.807) is 0 Å². The Labute approximate surface area is 56.8 Å². The summed E-state index contributed by atoms with van der Waals surface area (Å²) in [4.78, 5) is 1.96. The molecule has 0 heterocycles. The predicted molar refractivity (Wildman–Crippen MR) is 39.1 cm³/mol. The molecular formula is C7H15NO. The van der Waals surface area contributed by atoms with Crippen molar-refractivity contribution in [2.24, 2.45) is 0 Å². The zero-order chi connectivity index (χ0) is 7.28. The summed E-state index contributed by atoms with van der Waals surface area (Å²) < 4.78 is 0. The van der Waals surface area contributed by atoms with Crippen molar-refractivity contribution < 1.29 is 5.11 Å². The lowest BCUT2D eigenvalue weighted by atomic mass is 10.3. The van der Waals surface area contributed by atoms with Crippen LogP contribution in [0.3, 0.4) is 0 Å². The summed E-state index contributed by atoms with van der Waals surface area (Å²) in [6, 6.07) is 0. The fourth-order valence-corrected chi connectivity index (χ4v) is 0.578. The highest BCUT2D eigenvalue weighted by atomic mass is 16.3. The van der Waals surface area contributed by atoms with Gasteiger partial charge in [-0.3, -0.25) is 0 Å². The molecule has 0 atom stereocenters. The molecule has 0 radical (unpaired) electrons. The molecule has 0 aliphatic carbocycles. The van der Waals surface area contributed by atoms with E-state index in [-0.39, 0.29) is 6.61 Å². The Bertz CT molecular complexity index is 90.9. The highest BCUT2D eigenvalue weighted by molar-refractivity contribution is 4.90. The minimum atomic E-state index is 0.204. The fraction of sp³-hybridized carbons (Fsp3) is 0.714. The Morgan fingerprint density at radius 3 is 2.56 bits per heavy atom. The second-order valence-corrected chi connectivity index (χ2v) is 2.06. The molecule has 0 aromatic carbocycles. The van der Waals surface area contributed by atoms with Crippen LogP contribution in [0.4, 0.5) is 0 Å². The number of aliphatic hydroxyl groups is 1.